The lowest BCUT2D eigenvalue weighted by Gasteiger charge is -2.11. The quantitative estimate of drug-likeness (QED) is 0.551. The van der Waals surface area contributed by atoms with E-state index in [1.54, 1.807) is 7.05 Å². The Morgan fingerprint density at radius 3 is 1.89 bits per heavy atom. The van der Waals surface area contributed by atoms with Crippen LogP contribution in [0.5, 0.6) is 0 Å². The zero-order valence-electron chi connectivity index (χ0n) is 15.9. The summed E-state index contributed by atoms with van der Waals surface area (Å²) in [7, 11) is 3.22. The molecule has 0 fully saturated rings. The lowest BCUT2D eigenvalue weighted by molar-refractivity contribution is 0.714. The summed E-state index contributed by atoms with van der Waals surface area (Å²) in [6.07, 6.45) is 1.87. The summed E-state index contributed by atoms with van der Waals surface area (Å²) in [4.78, 5) is 25.4. The Morgan fingerprint density at radius 1 is 0.741 bits per heavy atom. The first kappa shape index (κ1) is 17.1. The fourth-order valence-electron chi connectivity index (χ4n) is 3.44. The van der Waals surface area contributed by atoms with E-state index in [0.29, 0.717) is 10.9 Å². The molecule has 0 saturated heterocycles. The number of rotatable bonds is 2. The van der Waals surface area contributed by atoms with Gasteiger partial charge in [-0.15, -0.1) is 0 Å². The summed E-state index contributed by atoms with van der Waals surface area (Å²) in [6, 6.07) is 16.2. The van der Waals surface area contributed by atoms with E-state index in [1.807, 2.05) is 73.1 Å². The second-order valence-electron chi connectivity index (χ2n) is 7.02. The van der Waals surface area contributed by atoms with Gasteiger partial charge in [0.2, 0.25) is 0 Å². The van der Waals surface area contributed by atoms with Crippen molar-refractivity contribution in [3.05, 3.63) is 86.7 Å². The maximum Gasteiger partial charge on any atom is 0.330 e. The summed E-state index contributed by atoms with van der Waals surface area (Å²) in [5.74, 6) is 0. The first-order chi connectivity index (χ1) is 12.9. The number of aryl methyl sites for hydroxylation is 3. The molecule has 0 aliphatic heterocycles. The van der Waals surface area contributed by atoms with E-state index in [-0.39, 0.29) is 11.2 Å². The zero-order valence-corrected chi connectivity index (χ0v) is 15.9. The molecule has 0 atom stereocenters. The smallest absolute Gasteiger partial charge is 0.314 e. The van der Waals surface area contributed by atoms with Crippen LogP contribution < -0.4 is 11.2 Å². The number of fused-ring (bicyclic) bond motifs is 1. The van der Waals surface area contributed by atoms with Gasteiger partial charge in [0.15, 0.2) is 0 Å². The Morgan fingerprint density at radius 2 is 1.30 bits per heavy atom. The summed E-state index contributed by atoms with van der Waals surface area (Å²) < 4.78 is 4.69. The van der Waals surface area contributed by atoms with Crippen LogP contribution in [0.4, 0.5) is 0 Å². The zero-order chi connectivity index (χ0) is 19.3. The molecule has 0 aliphatic rings. The molecule has 2 aromatic heterocycles. The van der Waals surface area contributed by atoms with Crippen molar-refractivity contribution in [1.82, 2.24) is 13.7 Å². The third-order valence-corrected chi connectivity index (χ3v) is 5.08. The number of hydrogen-bond donors (Lipinski definition) is 0. The first-order valence-corrected chi connectivity index (χ1v) is 8.83. The largest absolute Gasteiger partial charge is 0.330 e. The molecule has 0 spiro atoms. The fraction of sp³-hybridized carbons (Fsp3) is 0.182. The van der Waals surface area contributed by atoms with Crippen LogP contribution in [-0.2, 0) is 14.1 Å². The first-order valence-electron chi connectivity index (χ1n) is 8.83. The molecule has 4 aromatic rings. The second kappa shape index (κ2) is 6.13. The van der Waals surface area contributed by atoms with Gasteiger partial charge in [0, 0.05) is 26.0 Å². The van der Waals surface area contributed by atoms with E-state index < -0.39 is 0 Å². The lowest BCUT2D eigenvalue weighted by atomic mass is 10.1. The van der Waals surface area contributed by atoms with E-state index in [1.165, 1.54) is 16.2 Å². The van der Waals surface area contributed by atoms with Crippen molar-refractivity contribution in [2.75, 3.05) is 0 Å². The minimum Gasteiger partial charge on any atom is -0.314 e. The van der Waals surface area contributed by atoms with Crippen LogP contribution in [0.15, 0.2) is 64.3 Å². The molecule has 0 N–H and O–H groups in total. The predicted molar refractivity (Wildman–Crippen MR) is 109 cm³/mol. The summed E-state index contributed by atoms with van der Waals surface area (Å²) in [5.41, 5.74) is 5.00. The minimum absolute atomic E-state index is 0.283. The standard InChI is InChI=1S/C22H21N3O2/c1-14-5-9-16(10-6-14)20-19-18(23(3)22(27)24(4)21(19)26)13-25(20)17-11-7-15(2)8-12-17/h5-13H,1-4H3. The highest BCUT2D eigenvalue weighted by molar-refractivity contribution is 5.94. The van der Waals surface area contributed by atoms with Crippen LogP contribution in [0.25, 0.3) is 27.8 Å². The SMILES string of the molecule is Cc1ccc(-c2c3c(=O)n(C)c(=O)n(C)c3cn2-c2ccc(C)cc2)cc1. The van der Waals surface area contributed by atoms with Gasteiger partial charge in [-0.05, 0) is 31.5 Å². The molecule has 5 nitrogen and oxygen atoms in total. The average Bonchev–Trinajstić information content (AvgIpc) is 3.06. The highest BCUT2D eigenvalue weighted by atomic mass is 16.2. The molecule has 0 aliphatic carbocycles. The Bertz CT molecular complexity index is 1270. The van der Waals surface area contributed by atoms with Crippen molar-refractivity contribution in [3.8, 4) is 16.9 Å². The number of benzene rings is 2. The van der Waals surface area contributed by atoms with Gasteiger partial charge in [-0.3, -0.25) is 13.9 Å². The molecule has 0 bridgehead atoms. The van der Waals surface area contributed by atoms with Crippen molar-refractivity contribution in [2.24, 2.45) is 14.1 Å². The molecule has 136 valence electrons. The van der Waals surface area contributed by atoms with Crippen LogP contribution in [0.1, 0.15) is 11.1 Å². The van der Waals surface area contributed by atoms with Gasteiger partial charge in [0.1, 0.15) is 0 Å². The highest BCUT2D eigenvalue weighted by Gasteiger charge is 2.20. The van der Waals surface area contributed by atoms with Crippen molar-refractivity contribution in [3.63, 3.8) is 0 Å². The Labute approximate surface area is 156 Å². The Balaban J connectivity index is 2.18. The summed E-state index contributed by atoms with van der Waals surface area (Å²) in [6.45, 7) is 4.07. The second-order valence-corrected chi connectivity index (χ2v) is 7.02. The van der Waals surface area contributed by atoms with E-state index in [0.717, 1.165) is 28.1 Å². The van der Waals surface area contributed by atoms with Crippen molar-refractivity contribution in [1.29, 1.82) is 0 Å². The molecule has 4 rings (SSSR count). The lowest BCUT2D eigenvalue weighted by Crippen LogP contribution is -2.36. The van der Waals surface area contributed by atoms with Gasteiger partial charge in [-0.1, -0.05) is 47.5 Å². The van der Waals surface area contributed by atoms with Crippen LogP contribution in [0.3, 0.4) is 0 Å². The maximum absolute atomic E-state index is 13.0. The minimum atomic E-state index is -0.330. The van der Waals surface area contributed by atoms with Crippen LogP contribution in [0, 0.1) is 13.8 Å². The predicted octanol–water partition coefficient (Wildman–Crippen LogP) is 3.31. The van der Waals surface area contributed by atoms with Gasteiger partial charge in [-0.25, -0.2) is 4.79 Å². The Hall–Kier alpha value is -3.34. The van der Waals surface area contributed by atoms with Crippen molar-refractivity contribution < 1.29 is 0 Å². The summed E-state index contributed by atoms with van der Waals surface area (Å²) in [5, 5.41) is 0.545. The third-order valence-electron chi connectivity index (χ3n) is 5.08. The van der Waals surface area contributed by atoms with E-state index in [2.05, 4.69) is 0 Å². The number of nitrogens with zero attached hydrogens (tertiary/aromatic N) is 3. The van der Waals surface area contributed by atoms with Crippen molar-refractivity contribution in [2.45, 2.75) is 13.8 Å². The normalized spacial score (nSPS) is 11.3. The molecule has 0 saturated carbocycles. The van der Waals surface area contributed by atoms with E-state index in [9.17, 15) is 9.59 Å². The van der Waals surface area contributed by atoms with Gasteiger partial charge in [-0.2, -0.15) is 0 Å². The summed E-state index contributed by atoms with van der Waals surface area (Å²) >= 11 is 0. The Kier molecular flexibility index (Phi) is 3.88. The van der Waals surface area contributed by atoms with Crippen LogP contribution in [-0.4, -0.2) is 13.7 Å². The van der Waals surface area contributed by atoms with Crippen LogP contribution in [0.2, 0.25) is 0 Å². The van der Waals surface area contributed by atoms with Gasteiger partial charge >= 0.3 is 5.69 Å². The molecular formula is C22H21N3O2. The number of hydrogen-bond acceptors (Lipinski definition) is 2. The van der Waals surface area contributed by atoms with E-state index >= 15 is 0 Å². The fourth-order valence-corrected chi connectivity index (χ4v) is 3.44. The average molecular weight is 359 g/mol. The molecule has 2 heterocycles. The van der Waals surface area contributed by atoms with Crippen molar-refractivity contribution >= 4 is 10.9 Å². The third kappa shape index (κ3) is 2.63. The molecule has 5 heteroatoms. The van der Waals surface area contributed by atoms with Gasteiger partial charge in [0.25, 0.3) is 5.56 Å². The molecule has 0 amide bonds. The molecule has 2 aromatic carbocycles. The van der Waals surface area contributed by atoms with Gasteiger partial charge in [0.05, 0.1) is 16.6 Å². The molecule has 0 unspecified atom stereocenters. The number of aromatic nitrogens is 3. The molecule has 27 heavy (non-hydrogen) atoms. The topological polar surface area (TPSA) is 48.9 Å². The van der Waals surface area contributed by atoms with E-state index in [4.69, 9.17) is 0 Å². The monoisotopic (exact) mass is 359 g/mol. The van der Waals surface area contributed by atoms with Crippen LogP contribution >= 0.6 is 0 Å². The molecule has 0 radical (unpaired) electrons. The van der Waals surface area contributed by atoms with Gasteiger partial charge < -0.3 is 4.57 Å². The maximum atomic E-state index is 13.0. The molecular weight excluding hydrogens is 338 g/mol. The highest BCUT2D eigenvalue weighted by Crippen LogP contribution is 2.31.